The molecule has 0 aromatic heterocycles. The van der Waals surface area contributed by atoms with E-state index in [1.165, 1.54) is 43.4 Å². The minimum atomic E-state index is -0.225. The lowest BCUT2D eigenvalue weighted by molar-refractivity contribution is -0.122. The van der Waals surface area contributed by atoms with Crippen LogP contribution in [-0.2, 0) is 4.79 Å². The van der Waals surface area contributed by atoms with Gasteiger partial charge in [-0.15, -0.1) is 6.42 Å². The van der Waals surface area contributed by atoms with Crippen LogP contribution in [0.3, 0.4) is 0 Å². The zero-order valence-electron chi connectivity index (χ0n) is 17.8. The van der Waals surface area contributed by atoms with Crippen molar-refractivity contribution in [1.82, 2.24) is 0 Å². The van der Waals surface area contributed by atoms with Crippen LogP contribution in [0.4, 0.5) is 4.39 Å². The summed E-state index contributed by atoms with van der Waals surface area (Å²) in [5.41, 5.74) is 2.34. The van der Waals surface area contributed by atoms with E-state index in [4.69, 9.17) is 6.42 Å². The Bertz CT molecular complexity index is 739. The molecule has 2 heteroatoms. The third-order valence-corrected chi connectivity index (χ3v) is 7.15. The Morgan fingerprint density at radius 1 is 1.17 bits per heavy atom. The fraction of sp³-hybridized carbons (Fsp3) is 0.593. The maximum atomic E-state index is 13.3. The Balaban J connectivity index is 1.57. The SMILES string of the molecule is C#CC(c1ccc(F)cc1)C1CCC=C(CC(=O)[C@@H]2CCCCC(CC)C2)CC1. The predicted octanol–water partition coefficient (Wildman–Crippen LogP) is 7.22. The van der Waals surface area contributed by atoms with Gasteiger partial charge in [0.15, 0.2) is 0 Å². The van der Waals surface area contributed by atoms with E-state index in [-0.39, 0.29) is 17.7 Å². The summed E-state index contributed by atoms with van der Waals surface area (Å²) in [5.74, 6) is 4.58. The van der Waals surface area contributed by atoms with Crippen LogP contribution < -0.4 is 0 Å². The molecule has 1 nitrogen and oxygen atoms in total. The van der Waals surface area contributed by atoms with Gasteiger partial charge in [0.2, 0.25) is 0 Å². The van der Waals surface area contributed by atoms with Crippen LogP contribution in [0.1, 0.15) is 89.0 Å². The number of Topliss-reactive ketones (excluding diaryl/α,β-unsaturated/α-hetero) is 1. The maximum absolute atomic E-state index is 13.3. The van der Waals surface area contributed by atoms with Crippen molar-refractivity contribution in [2.75, 3.05) is 0 Å². The number of carbonyl (C=O) groups excluding carboxylic acids is 1. The molecule has 3 unspecified atom stereocenters. The van der Waals surface area contributed by atoms with Gasteiger partial charge in [-0.2, -0.15) is 0 Å². The Morgan fingerprint density at radius 3 is 2.66 bits per heavy atom. The highest BCUT2D eigenvalue weighted by atomic mass is 19.1. The summed E-state index contributed by atoms with van der Waals surface area (Å²) < 4.78 is 13.3. The van der Waals surface area contributed by atoms with Crippen molar-refractivity contribution in [3.05, 3.63) is 47.3 Å². The van der Waals surface area contributed by atoms with Gasteiger partial charge in [-0.3, -0.25) is 4.79 Å². The molecule has 1 aromatic rings. The van der Waals surface area contributed by atoms with Crippen molar-refractivity contribution in [2.24, 2.45) is 17.8 Å². The molecule has 0 spiro atoms. The van der Waals surface area contributed by atoms with Gasteiger partial charge in [-0.1, -0.05) is 62.3 Å². The second-order valence-electron chi connectivity index (χ2n) is 9.07. The normalized spacial score (nSPS) is 26.5. The van der Waals surface area contributed by atoms with E-state index < -0.39 is 0 Å². The average Bonchev–Trinajstić information content (AvgIpc) is 3.11. The quantitative estimate of drug-likeness (QED) is 0.283. The first-order chi connectivity index (χ1) is 14.1. The number of ketones is 1. The lowest BCUT2D eigenvalue weighted by atomic mass is 9.81. The number of allylic oxidation sites excluding steroid dienone is 2. The largest absolute Gasteiger partial charge is 0.299 e. The number of halogens is 1. The molecule has 2 aliphatic rings. The van der Waals surface area contributed by atoms with Gasteiger partial charge < -0.3 is 0 Å². The molecule has 1 aromatic carbocycles. The number of terminal acetylenes is 1. The van der Waals surface area contributed by atoms with Crippen molar-refractivity contribution >= 4 is 5.78 Å². The van der Waals surface area contributed by atoms with Crippen molar-refractivity contribution in [3.8, 4) is 12.3 Å². The summed E-state index contributed by atoms with van der Waals surface area (Å²) in [6.45, 7) is 2.26. The van der Waals surface area contributed by atoms with E-state index in [9.17, 15) is 9.18 Å². The van der Waals surface area contributed by atoms with Gasteiger partial charge in [0, 0.05) is 18.3 Å². The van der Waals surface area contributed by atoms with Crippen LogP contribution in [0, 0.1) is 35.9 Å². The van der Waals surface area contributed by atoms with Gasteiger partial charge in [0.25, 0.3) is 0 Å². The minimum absolute atomic E-state index is 0.0196. The topological polar surface area (TPSA) is 17.1 Å². The number of hydrogen-bond donors (Lipinski definition) is 0. The third-order valence-electron chi connectivity index (χ3n) is 7.15. The molecular formula is C27H35FO. The summed E-state index contributed by atoms with van der Waals surface area (Å²) in [5, 5.41) is 0. The van der Waals surface area contributed by atoms with E-state index in [1.807, 2.05) is 12.1 Å². The van der Waals surface area contributed by atoms with E-state index in [1.54, 1.807) is 0 Å². The molecule has 0 aliphatic heterocycles. The van der Waals surface area contributed by atoms with E-state index in [2.05, 4.69) is 18.9 Å². The molecule has 0 radical (unpaired) electrons. The van der Waals surface area contributed by atoms with Gasteiger partial charge in [0.1, 0.15) is 11.6 Å². The molecule has 0 N–H and O–H groups in total. The summed E-state index contributed by atoms with van der Waals surface area (Å²) in [6, 6.07) is 6.63. The minimum Gasteiger partial charge on any atom is -0.299 e. The number of benzene rings is 1. The molecule has 0 saturated heterocycles. The predicted molar refractivity (Wildman–Crippen MR) is 118 cm³/mol. The van der Waals surface area contributed by atoms with E-state index in [0.29, 0.717) is 18.1 Å². The van der Waals surface area contributed by atoms with Gasteiger partial charge in [-0.05, 0) is 68.1 Å². The van der Waals surface area contributed by atoms with Crippen LogP contribution in [0.15, 0.2) is 35.9 Å². The third kappa shape index (κ3) is 6.05. The molecular weight excluding hydrogens is 359 g/mol. The molecule has 1 fully saturated rings. The molecule has 0 amide bonds. The van der Waals surface area contributed by atoms with Crippen molar-refractivity contribution in [1.29, 1.82) is 0 Å². The second-order valence-corrected chi connectivity index (χ2v) is 9.07. The number of carbonyl (C=O) groups is 1. The van der Waals surface area contributed by atoms with Crippen molar-refractivity contribution in [2.45, 2.75) is 83.5 Å². The first-order valence-electron chi connectivity index (χ1n) is 11.5. The smallest absolute Gasteiger partial charge is 0.140 e. The molecule has 2 aliphatic carbocycles. The van der Waals surface area contributed by atoms with Crippen LogP contribution in [-0.4, -0.2) is 5.78 Å². The highest BCUT2D eigenvalue weighted by molar-refractivity contribution is 5.83. The van der Waals surface area contributed by atoms with Crippen molar-refractivity contribution < 1.29 is 9.18 Å². The number of rotatable bonds is 6. The Morgan fingerprint density at radius 2 is 1.93 bits per heavy atom. The van der Waals surface area contributed by atoms with Crippen LogP contribution >= 0.6 is 0 Å². The van der Waals surface area contributed by atoms with Crippen LogP contribution in [0.5, 0.6) is 0 Å². The zero-order chi connectivity index (χ0) is 20.6. The summed E-state index contributed by atoms with van der Waals surface area (Å²) >= 11 is 0. The molecule has 0 heterocycles. The highest BCUT2D eigenvalue weighted by Crippen LogP contribution is 2.37. The Kier molecular flexibility index (Phi) is 8.10. The molecule has 156 valence electrons. The average molecular weight is 395 g/mol. The molecule has 1 saturated carbocycles. The lowest BCUT2D eigenvalue weighted by Gasteiger charge is -2.22. The standard InChI is InChI=1S/C27H35FO/c1-3-20-8-5-6-10-24(18-20)27(29)19-21-9-7-11-22(13-12-21)26(4-2)23-14-16-25(28)17-15-23/h2,9,14-17,20,22,24,26H,3,5-8,10-13,18-19H2,1H3/t20?,22?,24-,26?/m1/s1. The van der Waals surface area contributed by atoms with Crippen LogP contribution in [0.2, 0.25) is 0 Å². The van der Waals surface area contributed by atoms with Gasteiger partial charge >= 0.3 is 0 Å². The lowest BCUT2D eigenvalue weighted by Crippen LogP contribution is -2.17. The first-order valence-corrected chi connectivity index (χ1v) is 11.5. The summed E-state index contributed by atoms with van der Waals surface area (Å²) in [4.78, 5) is 13.0. The number of hydrogen-bond acceptors (Lipinski definition) is 1. The zero-order valence-corrected chi connectivity index (χ0v) is 17.8. The van der Waals surface area contributed by atoms with E-state index >= 15 is 0 Å². The fourth-order valence-corrected chi connectivity index (χ4v) is 5.28. The molecule has 3 rings (SSSR count). The van der Waals surface area contributed by atoms with Gasteiger partial charge in [0.05, 0.1) is 0 Å². The van der Waals surface area contributed by atoms with Gasteiger partial charge in [-0.25, -0.2) is 4.39 Å². The monoisotopic (exact) mass is 394 g/mol. The van der Waals surface area contributed by atoms with Crippen LogP contribution in [0.25, 0.3) is 0 Å². The maximum Gasteiger partial charge on any atom is 0.140 e. The van der Waals surface area contributed by atoms with E-state index in [0.717, 1.165) is 50.0 Å². The first kappa shape index (κ1) is 21.8. The van der Waals surface area contributed by atoms with Crippen molar-refractivity contribution in [3.63, 3.8) is 0 Å². The fourth-order valence-electron chi connectivity index (χ4n) is 5.28. The molecule has 0 bridgehead atoms. The summed E-state index contributed by atoms with van der Waals surface area (Å²) in [6.07, 6.45) is 19.9. The highest BCUT2D eigenvalue weighted by Gasteiger charge is 2.27. The Hall–Kier alpha value is -1.88. The second kappa shape index (κ2) is 10.8. The summed E-state index contributed by atoms with van der Waals surface area (Å²) in [7, 11) is 0. The molecule has 29 heavy (non-hydrogen) atoms. The molecule has 4 atom stereocenters. The Labute approximate surface area is 176 Å².